The summed E-state index contributed by atoms with van der Waals surface area (Å²) < 4.78 is 7.11. The Kier molecular flexibility index (Phi) is 4.48. The van der Waals surface area contributed by atoms with Crippen molar-refractivity contribution in [2.24, 2.45) is 5.73 Å². The van der Waals surface area contributed by atoms with Crippen LogP contribution in [0.2, 0.25) is 0 Å². The van der Waals surface area contributed by atoms with E-state index in [-0.39, 0.29) is 5.56 Å². The molecule has 1 atom stereocenters. The van der Waals surface area contributed by atoms with Crippen LogP contribution in [0.3, 0.4) is 0 Å². The highest BCUT2D eigenvalue weighted by Crippen LogP contribution is 2.28. The van der Waals surface area contributed by atoms with Gasteiger partial charge < -0.3 is 15.0 Å². The summed E-state index contributed by atoms with van der Waals surface area (Å²) in [6, 6.07) is 9.08. The molecule has 0 aliphatic carbocycles. The molecule has 4 nitrogen and oxygen atoms in total. The molecular weight excluding hydrogens is 264 g/mol. The van der Waals surface area contributed by atoms with Gasteiger partial charge in [0.15, 0.2) is 0 Å². The molecule has 1 heterocycles. The summed E-state index contributed by atoms with van der Waals surface area (Å²) in [5.74, 6) is 0.705. The number of ether oxygens (including phenoxy) is 1. The molecule has 1 unspecified atom stereocenters. The number of aromatic nitrogens is 1. The lowest BCUT2D eigenvalue weighted by atomic mass is 9.98. The molecule has 2 N–H and O–H groups in total. The Morgan fingerprint density at radius 3 is 2.52 bits per heavy atom. The smallest absolute Gasteiger partial charge is 0.255 e. The van der Waals surface area contributed by atoms with Crippen LogP contribution in [0.1, 0.15) is 35.3 Å². The Hall–Kier alpha value is -2.07. The van der Waals surface area contributed by atoms with Gasteiger partial charge in [0.25, 0.3) is 5.56 Å². The number of hydrogen-bond donors (Lipinski definition) is 1. The minimum atomic E-state index is -0.495. The molecule has 0 bridgehead atoms. The molecule has 0 saturated carbocycles. The molecular formula is C17H22N2O2. The quantitative estimate of drug-likeness (QED) is 0.939. The molecule has 0 saturated heterocycles. The van der Waals surface area contributed by atoms with Gasteiger partial charge in [-0.05, 0) is 39.0 Å². The van der Waals surface area contributed by atoms with Crippen molar-refractivity contribution in [3.63, 3.8) is 0 Å². The van der Waals surface area contributed by atoms with Crippen molar-refractivity contribution >= 4 is 0 Å². The Morgan fingerprint density at radius 2 is 1.90 bits per heavy atom. The monoisotopic (exact) mass is 286 g/mol. The van der Waals surface area contributed by atoms with Gasteiger partial charge >= 0.3 is 0 Å². The van der Waals surface area contributed by atoms with E-state index in [1.807, 2.05) is 51.1 Å². The molecule has 0 aliphatic rings. The molecule has 0 radical (unpaired) electrons. The van der Waals surface area contributed by atoms with Gasteiger partial charge in [0.1, 0.15) is 5.75 Å². The lowest BCUT2D eigenvalue weighted by molar-refractivity contribution is 0.407. The van der Waals surface area contributed by atoms with E-state index >= 15 is 0 Å². The van der Waals surface area contributed by atoms with Gasteiger partial charge in [-0.1, -0.05) is 17.7 Å². The summed E-state index contributed by atoms with van der Waals surface area (Å²) in [7, 11) is 1.61. The topological polar surface area (TPSA) is 57.2 Å². The molecule has 2 rings (SSSR count). The van der Waals surface area contributed by atoms with Crippen LogP contribution in [-0.4, -0.2) is 11.7 Å². The van der Waals surface area contributed by atoms with E-state index < -0.39 is 6.04 Å². The first-order valence-electron chi connectivity index (χ1n) is 7.10. The molecule has 1 aromatic carbocycles. The fourth-order valence-electron chi connectivity index (χ4n) is 2.58. The fourth-order valence-corrected chi connectivity index (χ4v) is 2.58. The summed E-state index contributed by atoms with van der Waals surface area (Å²) in [5, 5.41) is 0. The van der Waals surface area contributed by atoms with Crippen molar-refractivity contribution in [3.8, 4) is 5.75 Å². The summed E-state index contributed by atoms with van der Waals surface area (Å²) in [5.41, 5.74) is 9.76. The summed E-state index contributed by atoms with van der Waals surface area (Å²) in [6.07, 6.45) is 0. The molecule has 112 valence electrons. The Bertz CT molecular complexity index is 704. The first-order valence-corrected chi connectivity index (χ1v) is 7.10. The maximum absolute atomic E-state index is 12.6. The zero-order chi connectivity index (χ0) is 15.6. The lowest BCUT2D eigenvalue weighted by Gasteiger charge is -2.18. The summed E-state index contributed by atoms with van der Waals surface area (Å²) in [4.78, 5) is 12.6. The van der Waals surface area contributed by atoms with E-state index in [0.29, 0.717) is 17.9 Å². The zero-order valence-corrected chi connectivity index (χ0v) is 13.0. The summed E-state index contributed by atoms with van der Waals surface area (Å²) >= 11 is 0. The number of nitrogens with two attached hydrogens (primary N) is 1. The number of nitrogens with zero attached hydrogens (tertiary/aromatic N) is 1. The SMILES string of the molecule is CCn1c(C)ccc(C(N)c2cc(C)ccc2OC)c1=O. The third-order valence-corrected chi connectivity index (χ3v) is 3.79. The van der Waals surface area contributed by atoms with E-state index in [2.05, 4.69) is 0 Å². The Morgan fingerprint density at radius 1 is 1.19 bits per heavy atom. The van der Waals surface area contributed by atoms with Gasteiger partial charge in [-0.25, -0.2) is 0 Å². The highest BCUT2D eigenvalue weighted by atomic mass is 16.5. The zero-order valence-electron chi connectivity index (χ0n) is 13.0. The van der Waals surface area contributed by atoms with Gasteiger partial charge in [-0.15, -0.1) is 0 Å². The highest BCUT2D eigenvalue weighted by Gasteiger charge is 2.18. The van der Waals surface area contributed by atoms with Crippen LogP contribution in [0.15, 0.2) is 35.1 Å². The van der Waals surface area contributed by atoms with Crippen LogP contribution in [0, 0.1) is 13.8 Å². The van der Waals surface area contributed by atoms with Crippen LogP contribution in [0.5, 0.6) is 5.75 Å². The minimum absolute atomic E-state index is 0.0337. The number of aryl methyl sites for hydroxylation is 2. The second-order valence-corrected chi connectivity index (χ2v) is 5.20. The van der Waals surface area contributed by atoms with E-state index in [1.165, 1.54) is 0 Å². The second kappa shape index (κ2) is 6.14. The van der Waals surface area contributed by atoms with E-state index in [9.17, 15) is 4.79 Å². The van der Waals surface area contributed by atoms with Crippen molar-refractivity contribution in [1.29, 1.82) is 0 Å². The molecule has 2 aromatic rings. The summed E-state index contributed by atoms with van der Waals surface area (Å²) in [6.45, 7) is 6.51. The standard InChI is InChI=1S/C17H22N2O2/c1-5-19-12(3)7-8-13(17(19)20)16(18)14-10-11(2)6-9-15(14)21-4/h6-10,16H,5,18H2,1-4H3. The molecule has 0 aliphatic heterocycles. The maximum atomic E-state index is 12.6. The highest BCUT2D eigenvalue weighted by molar-refractivity contribution is 5.43. The number of hydrogen-bond acceptors (Lipinski definition) is 3. The van der Waals surface area contributed by atoms with Gasteiger partial charge in [-0.2, -0.15) is 0 Å². The minimum Gasteiger partial charge on any atom is -0.496 e. The van der Waals surface area contributed by atoms with Crippen LogP contribution >= 0.6 is 0 Å². The normalized spacial score (nSPS) is 12.2. The predicted molar refractivity (Wildman–Crippen MR) is 84.9 cm³/mol. The fraction of sp³-hybridized carbons (Fsp3) is 0.353. The van der Waals surface area contributed by atoms with Crippen molar-refractivity contribution in [1.82, 2.24) is 4.57 Å². The Labute approximate surface area is 125 Å². The van der Waals surface area contributed by atoms with Gasteiger partial charge in [0, 0.05) is 23.4 Å². The van der Waals surface area contributed by atoms with E-state index in [0.717, 1.165) is 16.8 Å². The predicted octanol–water partition coefficient (Wildman–Crippen LogP) is 2.54. The van der Waals surface area contributed by atoms with Crippen molar-refractivity contribution in [2.75, 3.05) is 7.11 Å². The molecule has 4 heteroatoms. The average Bonchev–Trinajstić information content (AvgIpc) is 2.47. The molecule has 0 spiro atoms. The van der Waals surface area contributed by atoms with E-state index in [1.54, 1.807) is 11.7 Å². The number of pyridine rings is 1. The lowest BCUT2D eigenvalue weighted by Crippen LogP contribution is -2.29. The second-order valence-electron chi connectivity index (χ2n) is 5.20. The van der Waals surface area contributed by atoms with Crippen LogP contribution in [-0.2, 0) is 6.54 Å². The number of rotatable bonds is 4. The third kappa shape index (κ3) is 2.85. The van der Waals surface area contributed by atoms with Gasteiger partial charge in [0.05, 0.1) is 13.2 Å². The van der Waals surface area contributed by atoms with E-state index in [4.69, 9.17) is 10.5 Å². The van der Waals surface area contributed by atoms with Crippen LogP contribution < -0.4 is 16.0 Å². The van der Waals surface area contributed by atoms with Crippen molar-refractivity contribution in [2.45, 2.75) is 33.4 Å². The number of methoxy groups -OCH3 is 1. The maximum Gasteiger partial charge on any atom is 0.255 e. The first kappa shape index (κ1) is 15.3. The Balaban J connectivity index is 2.58. The molecule has 0 fully saturated rings. The van der Waals surface area contributed by atoms with Crippen LogP contribution in [0.4, 0.5) is 0 Å². The largest absolute Gasteiger partial charge is 0.496 e. The van der Waals surface area contributed by atoms with Crippen LogP contribution in [0.25, 0.3) is 0 Å². The number of benzene rings is 1. The van der Waals surface area contributed by atoms with Crippen molar-refractivity contribution in [3.05, 3.63) is 63.1 Å². The molecule has 0 amide bonds. The van der Waals surface area contributed by atoms with Gasteiger partial charge in [0.2, 0.25) is 0 Å². The first-order chi connectivity index (χ1) is 9.99. The van der Waals surface area contributed by atoms with Gasteiger partial charge in [-0.3, -0.25) is 4.79 Å². The molecule has 21 heavy (non-hydrogen) atoms. The van der Waals surface area contributed by atoms with Crippen molar-refractivity contribution < 1.29 is 4.74 Å². The third-order valence-electron chi connectivity index (χ3n) is 3.79. The average molecular weight is 286 g/mol. The molecule has 1 aromatic heterocycles.